The van der Waals surface area contributed by atoms with E-state index in [9.17, 15) is 24.9 Å². The summed E-state index contributed by atoms with van der Waals surface area (Å²) in [6.45, 7) is 0. The Kier molecular flexibility index (Phi) is 4.26. The lowest BCUT2D eigenvalue weighted by Gasteiger charge is -2.21. The fourth-order valence-electron chi connectivity index (χ4n) is 3.44. The van der Waals surface area contributed by atoms with Crippen LogP contribution in [0.4, 0.5) is 0 Å². The number of carboxylic acids is 1. The minimum absolute atomic E-state index is 0.0149. The minimum atomic E-state index is -1.93. The molecule has 1 atom stereocenters. The van der Waals surface area contributed by atoms with E-state index in [4.69, 9.17) is 9.68 Å². The van der Waals surface area contributed by atoms with Gasteiger partial charge in [-0.1, -0.05) is 18.2 Å². The van der Waals surface area contributed by atoms with E-state index in [1.807, 2.05) is 0 Å². The molecule has 1 heterocycles. The van der Waals surface area contributed by atoms with Crippen molar-refractivity contribution < 1.29 is 24.5 Å². The van der Waals surface area contributed by atoms with Crippen molar-refractivity contribution >= 4 is 16.9 Å². The lowest BCUT2D eigenvalue weighted by atomic mass is 9.89. The van der Waals surface area contributed by atoms with Crippen LogP contribution in [0.25, 0.3) is 33.4 Å². The Morgan fingerprint density at radius 1 is 1.10 bits per heavy atom. The van der Waals surface area contributed by atoms with Gasteiger partial charge in [-0.25, -0.2) is 4.79 Å². The molecular formula is C22H12NO6-. The fraction of sp³-hybridized carbons (Fsp3) is 0.0455. The average Bonchev–Trinajstić information content (AvgIpc) is 2.71. The van der Waals surface area contributed by atoms with Gasteiger partial charge in [-0.2, -0.15) is 5.26 Å². The van der Waals surface area contributed by atoms with E-state index in [1.165, 1.54) is 42.5 Å². The standard InChI is InChI=1S/C22H12NO6/c23-10-17(26)20-16(25)8-7-15-19(12-3-1-2-4-13(12)22(27)28)14-6-5-11(24)9-18(14)29-21(15)20/h1-9,17,25H,(H,27,28)/q-1/t17-/m0/s1. The van der Waals surface area contributed by atoms with Gasteiger partial charge in [-0.15, -0.1) is 0 Å². The second kappa shape index (κ2) is 6.78. The zero-order chi connectivity index (χ0) is 20.7. The number of nitrogens with zero attached hydrogens (tertiary/aromatic N) is 1. The van der Waals surface area contributed by atoms with Gasteiger partial charge in [-0.05, 0) is 42.0 Å². The first-order valence-corrected chi connectivity index (χ1v) is 8.53. The van der Waals surface area contributed by atoms with Crippen molar-refractivity contribution in [1.82, 2.24) is 0 Å². The summed E-state index contributed by atoms with van der Waals surface area (Å²) >= 11 is 0. The number of carboxylic acid groups (broad SMARTS) is 1. The number of benzene rings is 3. The van der Waals surface area contributed by atoms with Gasteiger partial charge in [0, 0.05) is 28.1 Å². The van der Waals surface area contributed by atoms with E-state index in [1.54, 1.807) is 18.2 Å². The molecule has 2 aromatic carbocycles. The van der Waals surface area contributed by atoms with Crippen LogP contribution in [-0.2, 0) is 0 Å². The van der Waals surface area contributed by atoms with Crippen LogP contribution in [0, 0.1) is 11.3 Å². The monoisotopic (exact) mass is 386 g/mol. The highest BCUT2D eigenvalue weighted by atomic mass is 16.4. The molecule has 7 heteroatoms. The van der Waals surface area contributed by atoms with Crippen LogP contribution in [0.1, 0.15) is 22.0 Å². The summed E-state index contributed by atoms with van der Waals surface area (Å²) in [6.07, 6.45) is -1.93. The zero-order valence-electron chi connectivity index (χ0n) is 14.7. The first kappa shape index (κ1) is 18.2. The number of hydrogen-bond donors (Lipinski definition) is 2. The van der Waals surface area contributed by atoms with Crippen LogP contribution in [-0.4, -0.2) is 16.2 Å². The molecule has 0 saturated heterocycles. The van der Waals surface area contributed by atoms with E-state index in [0.717, 1.165) is 0 Å². The quantitative estimate of drug-likeness (QED) is 0.517. The second-order valence-electron chi connectivity index (χ2n) is 6.37. The van der Waals surface area contributed by atoms with Gasteiger partial charge in [0.1, 0.15) is 17.1 Å². The van der Waals surface area contributed by atoms with E-state index in [2.05, 4.69) is 0 Å². The number of phenols is 1. The number of aromatic carboxylic acids is 1. The van der Waals surface area contributed by atoms with Crippen LogP contribution >= 0.6 is 0 Å². The Morgan fingerprint density at radius 3 is 2.59 bits per heavy atom. The molecule has 2 N–H and O–H groups in total. The van der Waals surface area contributed by atoms with E-state index in [-0.39, 0.29) is 27.9 Å². The van der Waals surface area contributed by atoms with Crippen molar-refractivity contribution in [1.29, 1.82) is 5.26 Å². The minimum Gasteiger partial charge on any atom is -0.837 e. The van der Waals surface area contributed by atoms with Crippen molar-refractivity contribution in [2.45, 2.75) is 6.10 Å². The number of phenolic OH excluding ortho intramolecular Hbond substituents is 1. The number of carbonyl (C=O) groups is 1. The number of nitriles is 1. The maximum atomic E-state index is 12.2. The molecule has 7 nitrogen and oxygen atoms in total. The van der Waals surface area contributed by atoms with Gasteiger partial charge in [0.15, 0.2) is 5.43 Å². The Labute approximate surface area is 163 Å². The Balaban J connectivity index is 2.26. The molecule has 0 unspecified atom stereocenters. The lowest BCUT2D eigenvalue weighted by Crippen LogP contribution is -2.14. The predicted octanol–water partition coefficient (Wildman–Crippen LogP) is 2.89. The average molecular weight is 386 g/mol. The van der Waals surface area contributed by atoms with Crippen molar-refractivity contribution in [2.24, 2.45) is 0 Å². The summed E-state index contributed by atoms with van der Waals surface area (Å²) in [7, 11) is 0. The fourth-order valence-corrected chi connectivity index (χ4v) is 3.44. The van der Waals surface area contributed by atoms with Gasteiger partial charge < -0.3 is 19.7 Å². The lowest BCUT2D eigenvalue weighted by molar-refractivity contribution is -0.405. The molecule has 2 aliphatic rings. The van der Waals surface area contributed by atoms with Crippen molar-refractivity contribution in [2.75, 3.05) is 0 Å². The summed E-state index contributed by atoms with van der Waals surface area (Å²) in [5.74, 6) is -1.46. The number of fused-ring (bicyclic) bond motifs is 2. The Morgan fingerprint density at radius 2 is 1.86 bits per heavy atom. The molecule has 0 saturated carbocycles. The number of aromatic hydroxyl groups is 1. The maximum Gasteiger partial charge on any atom is 0.336 e. The first-order valence-electron chi connectivity index (χ1n) is 8.53. The van der Waals surface area contributed by atoms with Crippen LogP contribution < -0.4 is 10.5 Å². The first-order chi connectivity index (χ1) is 13.9. The third kappa shape index (κ3) is 2.88. The van der Waals surface area contributed by atoms with Crippen molar-refractivity contribution in [3.8, 4) is 34.3 Å². The molecule has 4 rings (SSSR count). The summed E-state index contributed by atoms with van der Waals surface area (Å²) in [6, 6.07) is 14.6. The maximum absolute atomic E-state index is 12.2. The van der Waals surface area contributed by atoms with Crippen LogP contribution in [0.3, 0.4) is 0 Å². The van der Waals surface area contributed by atoms with Crippen LogP contribution in [0.5, 0.6) is 5.75 Å². The van der Waals surface area contributed by atoms with Gasteiger partial charge in [0.25, 0.3) is 0 Å². The summed E-state index contributed by atoms with van der Waals surface area (Å²) in [5, 5.41) is 41.5. The molecule has 0 radical (unpaired) electrons. The molecule has 0 aromatic heterocycles. The molecule has 0 amide bonds. The Hall–Kier alpha value is -4.15. The molecule has 142 valence electrons. The van der Waals surface area contributed by atoms with E-state index < -0.39 is 17.8 Å². The van der Waals surface area contributed by atoms with Gasteiger partial charge in [-0.3, -0.25) is 4.79 Å². The molecule has 0 bridgehead atoms. The molecule has 29 heavy (non-hydrogen) atoms. The summed E-state index contributed by atoms with van der Waals surface area (Å²) in [5.41, 5.74) is 0.560. The molecule has 1 aliphatic carbocycles. The predicted molar refractivity (Wildman–Crippen MR) is 102 cm³/mol. The molecular weight excluding hydrogens is 374 g/mol. The zero-order valence-corrected chi connectivity index (χ0v) is 14.7. The van der Waals surface area contributed by atoms with E-state index in [0.29, 0.717) is 22.1 Å². The highest BCUT2D eigenvalue weighted by Gasteiger charge is 2.24. The SMILES string of the molecule is N#C[C@H]([O-])c1c(O)ccc2c(-c3ccccc3C(=O)O)c3ccc(=O)cc-3oc12. The molecule has 1 aliphatic heterocycles. The summed E-state index contributed by atoms with van der Waals surface area (Å²) < 4.78 is 5.77. The van der Waals surface area contributed by atoms with Gasteiger partial charge in [0.05, 0.1) is 11.6 Å². The number of rotatable bonds is 3. The molecule has 0 spiro atoms. The highest BCUT2D eigenvalue weighted by molar-refractivity contribution is 6.08. The summed E-state index contributed by atoms with van der Waals surface area (Å²) in [4.78, 5) is 23.7. The smallest absolute Gasteiger partial charge is 0.336 e. The third-order valence-corrected chi connectivity index (χ3v) is 4.68. The largest absolute Gasteiger partial charge is 0.837 e. The number of hydrogen-bond acceptors (Lipinski definition) is 6. The normalized spacial score (nSPS) is 12.0. The van der Waals surface area contributed by atoms with Gasteiger partial charge in [0.2, 0.25) is 0 Å². The highest BCUT2D eigenvalue weighted by Crippen LogP contribution is 2.44. The van der Waals surface area contributed by atoms with E-state index >= 15 is 0 Å². The third-order valence-electron chi connectivity index (χ3n) is 4.68. The molecule has 2 aromatic rings. The van der Waals surface area contributed by atoms with Crippen molar-refractivity contribution in [3.63, 3.8) is 0 Å². The van der Waals surface area contributed by atoms with Crippen molar-refractivity contribution in [3.05, 3.63) is 75.9 Å². The topological polar surface area (TPSA) is 135 Å². The second-order valence-corrected chi connectivity index (χ2v) is 6.37. The van der Waals surface area contributed by atoms with Gasteiger partial charge >= 0.3 is 5.97 Å². The van der Waals surface area contributed by atoms with Crippen LogP contribution in [0.15, 0.2) is 63.8 Å². The Bertz CT molecular complexity index is 1350. The molecule has 0 fully saturated rings. The van der Waals surface area contributed by atoms with Crippen LogP contribution in [0.2, 0.25) is 0 Å².